The summed E-state index contributed by atoms with van der Waals surface area (Å²) in [6, 6.07) is 12.4. The molecule has 0 aliphatic carbocycles. The van der Waals surface area contributed by atoms with Gasteiger partial charge in [0.25, 0.3) is 5.82 Å². The maximum absolute atomic E-state index is 13.7. The number of hydrogen-bond donors (Lipinski definition) is 8. The monoisotopic (exact) mass is 1120 g/mol. The minimum absolute atomic E-state index is 0.00548. The maximum Gasteiger partial charge on any atom is 0.335 e. The van der Waals surface area contributed by atoms with E-state index in [4.69, 9.17) is 43.6 Å². The first-order valence-electron chi connectivity index (χ1n) is 23.9. The fourth-order valence-electron chi connectivity index (χ4n) is 7.36. The van der Waals surface area contributed by atoms with Crippen LogP contribution in [0, 0.1) is 40.4 Å². The van der Waals surface area contributed by atoms with E-state index in [-0.39, 0.29) is 113 Å². The molecule has 2 heterocycles. The third-order valence-corrected chi connectivity index (χ3v) is 11.3. The molecule has 24 nitrogen and oxygen atoms in total. The Labute approximate surface area is 446 Å². The third-order valence-electron chi connectivity index (χ3n) is 11.3. The molecule has 0 saturated carbocycles. The molecule has 0 radical (unpaired) electrons. The lowest BCUT2D eigenvalue weighted by molar-refractivity contribution is -0.679. The predicted molar refractivity (Wildman–Crippen MR) is 259 cm³/mol. The fourth-order valence-corrected chi connectivity index (χ4v) is 7.36. The summed E-state index contributed by atoms with van der Waals surface area (Å²) in [6.45, 7) is 0.925. The smallest absolute Gasteiger partial charge is 0.335 e. The number of aliphatic hydroxyl groups is 3. The van der Waals surface area contributed by atoms with Crippen LogP contribution in [-0.2, 0) is 55.9 Å². The Bertz CT molecular complexity index is 2850. The molecule has 0 bridgehead atoms. The van der Waals surface area contributed by atoms with E-state index in [0.717, 1.165) is 0 Å². The van der Waals surface area contributed by atoms with Crippen molar-refractivity contribution in [2.45, 2.75) is 69.9 Å². The average molecular weight is 1120 g/mol. The number of aliphatic hydroxyl groups excluding tert-OH is 3. The number of hydrogen-bond acceptors (Lipinski definition) is 19. The summed E-state index contributed by atoms with van der Waals surface area (Å²) in [5, 5.41) is 59.2. The van der Waals surface area contributed by atoms with E-state index in [1.54, 1.807) is 25.1 Å². The van der Waals surface area contributed by atoms with Crippen molar-refractivity contribution in [3.8, 4) is 34.9 Å². The van der Waals surface area contributed by atoms with E-state index in [1.165, 1.54) is 43.1 Å². The van der Waals surface area contributed by atoms with E-state index >= 15 is 0 Å². The molecule has 0 unspecified atom stereocenters. The van der Waals surface area contributed by atoms with Crippen LogP contribution in [0.25, 0.3) is 0 Å². The second-order valence-electron chi connectivity index (χ2n) is 16.7. The summed E-state index contributed by atoms with van der Waals surface area (Å²) < 4.78 is 117. The number of nitrogens with two attached hydrogens (primary N) is 1. The van der Waals surface area contributed by atoms with Gasteiger partial charge >= 0.3 is 23.7 Å². The van der Waals surface area contributed by atoms with Gasteiger partial charge in [-0.3, -0.25) is 14.4 Å². The number of rotatable bonds is 29. The van der Waals surface area contributed by atoms with Crippen LogP contribution in [0.3, 0.4) is 0 Å². The first-order chi connectivity index (χ1) is 37.7. The topological polar surface area (TPSA) is 339 Å². The van der Waals surface area contributed by atoms with Gasteiger partial charge in [0.05, 0.1) is 90.8 Å². The van der Waals surface area contributed by atoms with Crippen LogP contribution >= 0.6 is 0 Å². The first kappa shape index (κ1) is 61.9. The molecule has 4 aromatic rings. The Balaban J connectivity index is 1.18. The van der Waals surface area contributed by atoms with Crippen LogP contribution in [-0.4, -0.2) is 148 Å². The lowest BCUT2D eigenvalue weighted by Gasteiger charge is -2.38. The number of aliphatic carboxylic acids is 1. The Kier molecular flexibility index (Phi) is 23.2. The summed E-state index contributed by atoms with van der Waals surface area (Å²) in [5.74, 6) is -17.4. The van der Waals surface area contributed by atoms with Gasteiger partial charge in [-0.1, -0.05) is 6.07 Å². The lowest BCUT2D eigenvalue weighted by atomic mass is 9.99. The van der Waals surface area contributed by atoms with Crippen LogP contribution in [0.5, 0.6) is 28.9 Å². The number of aromatic nitrogens is 1. The van der Waals surface area contributed by atoms with Crippen molar-refractivity contribution in [2.75, 3.05) is 83.4 Å². The van der Waals surface area contributed by atoms with Gasteiger partial charge in [-0.15, -0.1) is 0 Å². The molecular weight excluding hydrogens is 1070 g/mol. The summed E-state index contributed by atoms with van der Waals surface area (Å²) in [4.78, 5) is 63.4. The average Bonchev–Trinajstić information content (AvgIpc) is 3.53. The molecule has 5 rings (SSSR count). The van der Waals surface area contributed by atoms with E-state index < -0.39 is 102 Å². The number of esters is 1. The SMILES string of the molecule is CCOc1c(C#N)c(N)cc(NC(=O)Cc2cc(OC)ccc2OC)[n+]1Cc1ccc(O[C@@H]2O[C@H](C(=O)O)[C@@H](O)[C@H](O)[C@H]2O)c(NC(=O)CCNC(=O)CCOCCOCCOCCC(=O)Oc2c(F)c(F)c(F)c(F)c2F)c1. The molecule has 1 saturated heterocycles. The molecule has 1 aromatic heterocycles. The Morgan fingerprint density at radius 3 is 2.00 bits per heavy atom. The summed E-state index contributed by atoms with van der Waals surface area (Å²) in [7, 11) is 2.90. The number of pyridine rings is 1. The largest absolute Gasteiger partial charge is 0.497 e. The van der Waals surface area contributed by atoms with Crippen LogP contribution in [0.1, 0.15) is 42.9 Å². The van der Waals surface area contributed by atoms with Gasteiger partial charge in [0.15, 0.2) is 11.7 Å². The quantitative estimate of drug-likeness (QED) is 0.00732. The molecule has 428 valence electrons. The van der Waals surface area contributed by atoms with Crippen LogP contribution in [0.15, 0.2) is 42.5 Å². The highest BCUT2D eigenvalue weighted by molar-refractivity contribution is 5.93. The van der Waals surface area contributed by atoms with Gasteiger partial charge in [0, 0.05) is 24.9 Å². The molecule has 3 aromatic carbocycles. The van der Waals surface area contributed by atoms with Crippen LogP contribution in [0.4, 0.5) is 39.1 Å². The number of nitrogens with zero attached hydrogens (tertiary/aromatic N) is 2. The predicted octanol–water partition coefficient (Wildman–Crippen LogP) is 1.92. The number of nitrogens with one attached hydrogen (secondary N) is 3. The molecule has 5 atom stereocenters. The minimum atomic E-state index is -2.41. The maximum atomic E-state index is 13.7. The molecular formula is C50H56F5N6O18+. The van der Waals surface area contributed by atoms with E-state index in [0.29, 0.717) is 22.6 Å². The van der Waals surface area contributed by atoms with Gasteiger partial charge in [-0.25, -0.2) is 28.1 Å². The second-order valence-corrected chi connectivity index (χ2v) is 16.7. The van der Waals surface area contributed by atoms with Crippen molar-refractivity contribution in [1.29, 1.82) is 5.26 Å². The highest BCUT2D eigenvalue weighted by Crippen LogP contribution is 2.33. The Morgan fingerprint density at radius 2 is 1.38 bits per heavy atom. The molecule has 0 spiro atoms. The molecule has 79 heavy (non-hydrogen) atoms. The summed E-state index contributed by atoms with van der Waals surface area (Å²) in [5.41, 5.74) is 6.90. The molecule has 3 amide bonds. The molecule has 1 aliphatic rings. The molecule has 9 N–H and O–H groups in total. The number of nitrogen functional groups attached to an aromatic ring is 1. The zero-order chi connectivity index (χ0) is 57.9. The molecule has 1 fully saturated rings. The van der Waals surface area contributed by atoms with Gasteiger partial charge < -0.3 is 79.4 Å². The van der Waals surface area contributed by atoms with Gasteiger partial charge in [0.1, 0.15) is 48.2 Å². The Hall–Kier alpha value is -7.98. The van der Waals surface area contributed by atoms with E-state index in [9.17, 15) is 71.6 Å². The third kappa shape index (κ3) is 16.8. The molecule has 1 aliphatic heterocycles. The normalized spacial score (nSPS) is 16.8. The number of anilines is 3. The van der Waals surface area contributed by atoms with Crippen molar-refractivity contribution in [3.05, 3.63) is 88.2 Å². The lowest BCUT2D eigenvalue weighted by Crippen LogP contribution is -2.61. The van der Waals surface area contributed by atoms with Crippen LogP contribution in [0.2, 0.25) is 0 Å². The number of halogens is 5. The van der Waals surface area contributed by atoms with Gasteiger partial charge in [-0.2, -0.15) is 18.6 Å². The zero-order valence-corrected chi connectivity index (χ0v) is 42.5. The van der Waals surface area contributed by atoms with Gasteiger partial charge in [0.2, 0.25) is 52.9 Å². The van der Waals surface area contributed by atoms with Crippen molar-refractivity contribution in [1.82, 2.24) is 5.32 Å². The number of amides is 3. The number of carbonyl (C=O) groups excluding carboxylic acids is 4. The minimum Gasteiger partial charge on any atom is -0.497 e. The van der Waals surface area contributed by atoms with Crippen molar-refractivity contribution >= 4 is 46.9 Å². The first-order valence-corrected chi connectivity index (χ1v) is 23.9. The Morgan fingerprint density at radius 1 is 0.747 bits per heavy atom. The highest BCUT2D eigenvalue weighted by atomic mass is 19.2. The number of carboxylic acids is 1. The number of carboxylic acid groups (broad SMARTS) is 1. The number of nitriles is 1. The summed E-state index contributed by atoms with van der Waals surface area (Å²) in [6.07, 6.45) is -11.2. The fraction of sp³-hybridized carbons (Fsp3) is 0.420. The highest BCUT2D eigenvalue weighted by Gasteiger charge is 2.48. The van der Waals surface area contributed by atoms with Crippen molar-refractivity contribution in [3.63, 3.8) is 0 Å². The van der Waals surface area contributed by atoms with Gasteiger partial charge in [-0.05, 0) is 42.8 Å². The number of benzene rings is 3. The standard InChI is InChI=1S/C50H55F5N6O18/c1-4-76-48-28(23-56)29(57)22-33(60-36(64)21-26-20-27(71-2)6-8-31(26)72-3)61(48)24-25-5-7-32(77-50-45(68)43(66)44(67)47(79-50)49(69)70)30(19-25)59-35(63)9-12-58-34(62)10-13-73-15-17-75-18-16-74-14-11-37(65)78-46-41(54)39(52)38(51)40(53)42(46)55/h5-8,19-20,22,43-45,47,50,66-68H,4,9-18,21,24H2,1-3H3,(H5,57,58,59,60,62,63,64,69,70)/p+1/t43-,44-,45+,47-,50+/m0/s1. The summed E-state index contributed by atoms with van der Waals surface area (Å²) >= 11 is 0. The van der Waals surface area contributed by atoms with Crippen molar-refractivity contribution in [2.24, 2.45) is 0 Å². The number of methoxy groups -OCH3 is 2. The van der Waals surface area contributed by atoms with E-state index in [2.05, 4.69) is 20.7 Å². The number of carbonyl (C=O) groups is 5. The van der Waals surface area contributed by atoms with Crippen molar-refractivity contribution < 1.29 is 114 Å². The van der Waals surface area contributed by atoms with Crippen LogP contribution < -0.4 is 49.9 Å². The van der Waals surface area contributed by atoms with E-state index in [1.807, 2.05) is 6.07 Å². The zero-order valence-electron chi connectivity index (χ0n) is 42.5. The number of ether oxygens (including phenoxy) is 9. The second kappa shape index (κ2) is 29.7. The molecule has 29 heteroatoms.